The molecular formula is C14H14ClN5OS. The van der Waals surface area contributed by atoms with E-state index in [1.54, 1.807) is 10.8 Å². The van der Waals surface area contributed by atoms with E-state index < -0.39 is 0 Å². The van der Waals surface area contributed by atoms with Crippen LogP contribution in [0.3, 0.4) is 0 Å². The molecule has 0 aliphatic rings. The molecule has 1 amide bonds. The predicted octanol–water partition coefficient (Wildman–Crippen LogP) is 2.13. The van der Waals surface area contributed by atoms with Gasteiger partial charge in [-0.3, -0.25) is 4.79 Å². The number of rotatable bonds is 6. The lowest BCUT2D eigenvalue weighted by Gasteiger charge is -2.04. The summed E-state index contributed by atoms with van der Waals surface area (Å²) in [7, 11) is 0. The summed E-state index contributed by atoms with van der Waals surface area (Å²) in [6.07, 6.45) is 3.38. The summed E-state index contributed by atoms with van der Waals surface area (Å²) in [6, 6.07) is 7.64. The standard InChI is InChI=1S/C14H14ClN5OS/c15-11-3-1-10(2-4-11)7-8-16-12(21)5-6-13-19-20-9-17-18-14(20)22-13/h1-4,9H,5-8H2,(H,16,21). The van der Waals surface area contributed by atoms with Crippen molar-refractivity contribution in [3.63, 3.8) is 0 Å². The van der Waals surface area contributed by atoms with Gasteiger partial charge in [0.2, 0.25) is 10.9 Å². The van der Waals surface area contributed by atoms with Crippen LogP contribution < -0.4 is 5.32 Å². The molecule has 3 rings (SSSR count). The van der Waals surface area contributed by atoms with Crippen LogP contribution in [-0.4, -0.2) is 32.3 Å². The Morgan fingerprint density at radius 3 is 2.86 bits per heavy atom. The Bertz CT molecular complexity index is 738. The normalized spacial score (nSPS) is 11.0. The molecule has 22 heavy (non-hydrogen) atoms. The maximum atomic E-state index is 11.8. The molecule has 0 atom stereocenters. The van der Waals surface area contributed by atoms with Gasteiger partial charge in [-0.05, 0) is 24.1 Å². The van der Waals surface area contributed by atoms with Crippen LogP contribution in [0.2, 0.25) is 5.02 Å². The first-order valence-corrected chi connectivity index (χ1v) is 8.07. The monoisotopic (exact) mass is 335 g/mol. The zero-order chi connectivity index (χ0) is 15.4. The van der Waals surface area contributed by atoms with Crippen LogP contribution in [0.25, 0.3) is 4.96 Å². The fourth-order valence-electron chi connectivity index (χ4n) is 2.01. The Labute approximate surface area is 136 Å². The lowest BCUT2D eigenvalue weighted by molar-refractivity contribution is -0.121. The van der Waals surface area contributed by atoms with Gasteiger partial charge in [0.05, 0.1) is 0 Å². The van der Waals surface area contributed by atoms with Gasteiger partial charge in [-0.25, -0.2) is 0 Å². The number of aromatic nitrogens is 4. The van der Waals surface area contributed by atoms with Crippen molar-refractivity contribution in [1.82, 2.24) is 25.1 Å². The number of benzene rings is 1. The van der Waals surface area contributed by atoms with E-state index in [9.17, 15) is 4.79 Å². The second-order valence-electron chi connectivity index (χ2n) is 4.78. The fourth-order valence-corrected chi connectivity index (χ4v) is 2.95. The smallest absolute Gasteiger partial charge is 0.234 e. The Balaban J connectivity index is 1.40. The zero-order valence-corrected chi connectivity index (χ0v) is 13.3. The molecule has 0 saturated heterocycles. The average molecular weight is 336 g/mol. The highest BCUT2D eigenvalue weighted by atomic mass is 35.5. The quantitative estimate of drug-likeness (QED) is 0.749. The highest BCUT2D eigenvalue weighted by Gasteiger charge is 2.08. The van der Waals surface area contributed by atoms with Crippen molar-refractivity contribution in [2.75, 3.05) is 6.54 Å². The van der Waals surface area contributed by atoms with Crippen LogP contribution in [-0.2, 0) is 17.6 Å². The van der Waals surface area contributed by atoms with Gasteiger partial charge in [0.25, 0.3) is 0 Å². The molecule has 1 N–H and O–H groups in total. The molecule has 8 heteroatoms. The van der Waals surface area contributed by atoms with Crippen molar-refractivity contribution in [2.24, 2.45) is 0 Å². The molecule has 1 aromatic carbocycles. The van der Waals surface area contributed by atoms with E-state index in [1.807, 2.05) is 24.3 Å². The van der Waals surface area contributed by atoms with Crippen LogP contribution in [0.5, 0.6) is 0 Å². The molecule has 6 nitrogen and oxygen atoms in total. The molecule has 0 fully saturated rings. The minimum atomic E-state index is 0.0277. The first-order valence-electron chi connectivity index (χ1n) is 6.87. The van der Waals surface area contributed by atoms with Gasteiger partial charge in [0.1, 0.15) is 11.3 Å². The Morgan fingerprint density at radius 2 is 2.09 bits per heavy atom. The summed E-state index contributed by atoms with van der Waals surface area (Å²) in [4.78, 5) is 12.6. The number of aryl methyl sites for hydroxylation is 1. The minimum Gasteiger partial charge on any atom is -0.356 e. The molecule has 0 bridgehead atoms. The van der Waals surface area contributed by atoms with Gasteiger partial charge in [0.15, 0.2) is 0 Å². The van der Waals surface area contributed by atoms with Crippen molar-refractivity contribution in [2.45, 2.75) is 19.3 Å². The lowest BCUT2D eigenvalue weighted by Crippen LogP contribution is -2.25. The summed E-state index contributed by atoms with van der Waals surface area (Å²) in [6.45, 7) is 0.617. The molecule has 0 aliphatic heterocycles. The van der Waals surface area contributed by atoms with E-state index in [4.69, 9.17) is 11.6 Å². The van der Waals surface area contributed by atoms with Gasteiger partial charge >= 0.3 is 0 Å². The lowest BCUT2D eigenvalue weighted by atomic mass is 10.1. The molecule has 2 heterocycles. The van der Waals surface area contributed by atoms with Crippen LogP contribution in [0, 0.1) is 0 Å². The number of nitrogens with one attached hydrogen (secondary N) is 1. The molecule has 0 unspecified atom stereocenters. The number of nitrogens with zero attached hydrogens (tertiary/aromatic N) is 4. The summed E-state index contributed by atoms with van der Waals surface area (Å²) >= 11 is 7.29. The minimum absolute atomic E-state index is 0.0277. The third kappa shape index (κ3) is 3.80. The van der Waals surface area contributed by atoms with Gasteiger partial charge in [0, 0.05) is 24.4 Å². The topological polar surface area (TPSA) is 72.2 Å². The summed E-state index contributed by atoms with van der Waals surface area (Å²) in [5, 5.41) is 16.5. The molecule has 2 aromatic heterocycles. The average Bonchev–Trinajstić information content (AvgIpc) is 3.08. The number of fused-ring (bicyclic) bond motifs is 1. The Kier molecular flexibility index (Phi) is 4.65. The van der Waals surface area contributed by atoms with Crippen molar-refractivity contribution >= 4 is 33.8 Å². The number of hydrogen-bond acceptors (Lipinski definition) is 5. The van der Waals surface area contributed by atoms with Gasteiger partial charge in [-0.15, -0.1) is 10.2 Å². The van der Waals surface area contributed by atoms with Crippen molar-refractivity contribution < 1.29 is 4.79 Å². The zero-order valence-electron chi connectivity index (χ0n) is 11.7. The molecule has 0 saturated carbocycles. The molecule has 0 radical (unpaired) electrons. The number of carbonyl (C=O) groups excluding carboxylic acids is 1. The van der Waals surface area contributed by atoms with E-state index >= 15 is 0 Å². The highest BCUT2D eigenvalue weighted by molar-refractivity contribution is 7.16. The maximum absolute atomic E-state index is 11.8. The highest BCUT2D eigenvalue weighted by Crippen LogP contribution is 2.13. The van der Waals surface area contributed by atoms with Gasteiger partial charge in [-0.1, -0.05) is 35.1 Å². The van der Waals surface area contributed by atoms with E-state index in [1.165, 1.54) is 11.3 Å². The number of halogens is 1. The predicted molar refractivity (Wildman–Crippen MR) is 85.1 cm³/mol. The number of carbonyl (C=O) groups is 1. The molecule has 0 aliphatic carbocycles. The number of amides is 1. The van der Waals surface area contributed by atoms with Gasteiger partial charge < -0.3 is 5.32 Å². The molecule has 0 spiro atoms. The van der Waals surface area contributed by atoms with E-state index in [0.29, 0.717) is 19.4 Å². The summed E-state index contributed by atoms with van der Waals surface area (Å²) in [5.41, 5.74) is 1.15. The molecule has 3 aromatic rings. The van der Waals surface area contributed by atoms with Crippen LogP contribution >= 0.6 is 22.9 Å². The van der Waals surface area contributed by atoms with Crippen molar-refractivity contribution in [3.8, 4) is 0 Å². The van der Waals surface area contributed by atoms with E-state index in [2.05, 4.69) is 20.6 Å². The first-order chi connectivity index (χ1) is 10.7. The summed E-state index contributed by atoms with van der Waals surface area (Å²) in [5.74, 6) is 0.0277. The SMILES string of the molecule is O=C(CCc1nn2cnnc2s1)NCCc1ccc(Cl)cc1. The number of hydrogen-bond donors (Lipinski definition) is 1. The third-order valence-corrected chi connectivity index (χ3v) is 4.37. The Morgan fingerprint density at radius 1 is 1.27 bits per heavy atom. The third-order valence-electron chi connectivity index (χ3n) is 3.14. The van der Waals surface area contributed by atoms with Crippen molar-refractivity contribution in [1.29, 1.82) is 0 Å². The van der Waals surface area contributed by atoms with Crippen molar-refractivity contribution in [3.05, 3.63) is 46.2 Å². The largest absolute Gasteiger partial charge is 0.356 e. The van der Waals surface area contributed by atoms with Gasteiger partial charge in [-0.2, -0.15) is 9.61 Å². The second-order valence-corrected chi connectivity index (χ2v) is 6.26. The van der Waals surface area contributed by atoms with Crippen LogP contribution in [0.15, 0.2) is 30.6 Å². The maximum Gasteiger partial charge on any atom is 0.234 e. The fraction of sp³-hybridized carbons (Fsp3) is 0.286. The van der Waals surface area contributed by atoms with Crippen LogP contribution in [0.1, 0.15) is 17.0 Å². The van der Waals surface area contributed by atoms with E-state index in [0.717, 1.165) is 27.0 Å². The second kappa shape index (κ2) is 6.85. The summed E-state index contributed by atoms with van der Waals surface area (Å²) < 4.78 is 1.62. The molecular weight excluding hydrogens is 322 g/mol. The first kappa shape index (κ1) is 14.9. The van der Waals surface area contributed by atoms with Crippen LogP contribution in [0.4, 0.5) is 0 Å². The Hall–Kier alpha value is -1.99. The molecule has 114 valence electrons. The van der Waals surface area contributed by atoms with E-state index in [-0.39, 0.29) is 5.91 Å².